The van der Waals surface area contributed by atoms with Crippen molar-refractivity contribution in [3.63, 3.8) is 0 Å². The van der Waals surface area contributed by atoms with Crippen LogP contribution >= 0.6 is 0 Å². The lowest BCUT2D eigenvalue weighted by Crippen LogP contribution is -2.16. The Morgan fingerprint density at radius 3 is 2.50 bits per heavy atom. The molecule has 18 heavy (non-hydrogen) atoms. The van der Waals surface area contributed by atoms with E-state index in [-0.39, 0.29) is 5.91 Å². The molecule has 0 aliphatic rings. The molecular weight excluding hydrogens is 230 g/mol. The number of aromatic nitrogens is 3. The minimum Gasteiger partial charge on any atom is -0.347 e. The fourth-order valence-electron chi connectivity index (χ4n) is 1.31. The van der Waals surface area contributed by atoms with Crippen LogP contribution in [0.15, 0.2) is 36.9 Å². The van der Waals surface area contributed by atoms with Gasteiger partial charge in [0.1, 0.15) is 0 Å². The molecule has 0 aliphatic carbocycles. The number of nitrogens with one attached hydrogen (secondary N) is 1. The van der Waals surface area contributed by atoms with Crippen LogP contribution in [0.1, 0.15) is 10.4 Å². The lowest BCUT2D eigenvalue weighted by molar-refractivity contribution is 0.102. The number of nitrogens with zero attached hydrogens (tertiary/aromatic N) is 4. The van der Waals surface area contributed by atoms with Gasteiger partial charge in [-0.2, -0.15) is 0 Å². The van der Waals surface area contributed by atoms with Crippen LogP contribution in [0.25, 0.3) is 0 Å². The van der Waals surface area contributed by atoms with Gasteiger partial charge in [-0.05, 0) is 12.1 Å². The van der Waals surface area contributed by atoms with Crippen molar-refractivity contribution >= 4 is 17.5 Å². The van der Waals surface area contributed by atoms with Crippen molar-refractivity contribution in [2.45, 2.75) is 0 Å². The van der Waals surface area contributed by atoms with Gasteiger partial charge >= 0.3 is 0 Å². The summed E-state index contributed by atoms with van der Waals surface area (Å²) >= 11 is 0. The van der Waals surface area contributed by atoms with Gasteiger partial charge in [0, 0.05) is 32.7 Å². The summed E-state index contributed by atoms with van der Waals surface area (Å²) < 4.78 is 0. The molecule has 6 nitrogen and oxygen atoms in total. The van der Waals surface area contributed by atoms with Gasteiger partial charge in [-0.3, -0.25) is 9.78 Å². The van der Waals surface area contributed by atoms with E-state index in [0.29, 0.717) is 17.2 Å². The van der Waals surface area contributed by atoms with E-state index in [1.165, 1.54) is 12.4 Å². The molecule has 2 aromatic rings. The summed E-state index contributed by atoms with van der Waals surface area (Å²) in [7, 11) is 3.68. The molecular formula is C12H13N5O. The second-order valence-electron chi connectivity index (χ2n) is 3.86. The minimum absolute atomic E-state index is 0.256. The molecule has 0 fully saturated rings. The number of carbonyl (C=O) groups is 1. The summed E-state index contributed by atoms with van der Waals surface area (Å²) in [6.07, 6.45) is 6.21. The second-order valence-corrected chi connectivity index (χ2v) is 3.86. The molecule has 0 spiro atoms. The van der Waals surface area contributed by atoms with Crippen LogP contribution in [0.3, 0.4) is 0 Å². The maximum atomic E-state index is 11.9. The van der Waals surface area contributed by atoms with Gasteiger partial charge in [0.05, 0.1) is 17.4 Å². The molecule has 1 amide bonds. The van der Waals surface area contributed by atoms with Gasteiger partial charge in [0.15, 0.2) is 0 Å². The number of pyridine rings is 1. The zero-order chi connectivity index (χ0) is 13.0. The number of hydrogen-bond donors (Lipinski definition) is 1. The number of rotatable bonds is 3. The highest BCUT2D eigenvalue weighted by molar-refractivity contribution is 6.03. The van der Waals surface area contributed by atoms with E-state index in [9.17, 15) is 4.79 Å². The van der Waals surface area contributed by atoms with Crippen LogP contribution in [0, 0.1) is 0 Å². The van der Waals surface area contributed by atoms with Crippen LogP contribution in [0.5, 0.6) is 0 Å². The molecule has 0 radical (unpaired) electrons. The highest BCUT2D eigenvalue weighted by Crippen LogP contribution is 2.07. The number of hydrogen-bond acceptors (Lipinski definition) is 5. The fourth-order valence-corrected chi connectivity index (χ4v) is 1.31. The molecule has 92 valence electrons. The van der Waals surface area contributed by atoms with Crippen molar-refractivity contribution in [3.8, 4) is 0 Å². The molecule has 0 bridgehead atoms. The van der Waals surface area contributed by atoms with Crippen LogP contribution in [-0.4, -0.2) is 35.0 Å². The third-order valence-electron chi connectivity index (χ3n) is 2.22. The molecule has 0 saturated carbocycles. The van der Waals surface area contributed by atoms with E-state index in [1.54, 1.807) is 29.4 Å². The summed E-state index contributed by atoms with van der Waals surface area (Å²) in [5.74, 6) is 0.307. The first-order valence-electron chi connectivity index (χ1n) is 5.37. The standard InChI is InChI=1S/C12H13N5O/c1-17(2)12-14-6-9(7-15-12)11(18)16-10-4-3-5-13-8-10/h3-8H,1-2H3,(H,16,18). The molecule has 1 N–H and O–H groups in total. The lowest BCUT2D eigenvalue weighted by atomic mass is 10.3. The molecule has 2 rings (SSSR count). The van der Waals surface area contributed by atoms with Crippen LogP contribution in [-0.2, 0) is 0 Å². The Balaban J connectivity index is 2.10. The molecule has 0 aliphatic heterocycles. The summed E-state index contributed by atoms with van der Waals surface area (Å²) in [6, 6.07) is 3.52. The SMILES string of the molecule is CN(C)c1ncc(C(=O)Nc2cccnc2)cn1. The van der Waals surface area contributed by atoms with E-state index in [2.05, 4.69) is 20.3 Å². The quantitative estimate of drug-likeness (QED) is 0.876. The highest BCUT2D eigenvalue weighted by atomic mass is 16.1. The maximum Gasteiger partial charge on any atom is 0.258 e. The average Bonchev–Trinajstić information content (AvgIpc) is 2.40. The Hall–Kier alpha value is -2.50. The number of amides is 1. The van der Waals surface area contributed by atoms with E-state index in [0.717, 1.165) is 0 Å². The van der Waals surface area contributed by atoms with Crippen molar-refractivity contribution in [3.05, 3.63) is 42.5 Å². The van der Waals surface area contributed by atoms with Crippen molar-refractivity contribution in [1.82, 2.24) is 15.0 Å². The Kier molecular flexibility index (Phi) is 3.47. The van der Waals surface area contributed by atoms with Crippen LogP contribution < -0.4 is 10.2 Å². The van der Waals surface area contributed by atoms with Crippen molar-refractivity contribution in [1.29, 1.82) is 0 Å². The third kappa shape index (κ3) is 2.79. The first-order valence-corrected chi connectivity index (χ1v) is 5.37. The summed E-state index contributed by atoms with van der Waals surface area (Å²) in [5.41, 5.74) is 1.05. The summed E-state index contributed by atoms with van der Waals surface area (Å²) in [6.45, 7) is 0. The summed E-state index contributed by atoms with van der Waals surface area (Å²) in [5, 5.41) is 2.71. The van der Waals surface area contributed by atoms with Crippen molar-refractivity contribution < 1.29 is 4.79 Å². The molecule has 2 aromatic heterocycles. The normalized spacial score (nSPS) is 9.89. The van der Waals surface area contributed by atoms with Gasteiger partial charge in [-0.1, -0.05) is 0 Å². The average molecular weight is 243 g/mol. The van der Waals surface area contributed by atoms with Gasteiger partial charge in [0.2, 0.25) is 5.95 Å². The monoisotopic (exact) mass is 243 g/mol. The summed E-state index contributed by atoms with van der Waals surface area (Å²) in [4.78, 5) is 25.7. The smallest absolute Gasteiger partial charge is 0.258 e. The Morgan fingerprint density at radius 2 is 1.94 bits per heavy atom. The zero-order valence-electron chi connectivity index (χ0n) is 10.2. The predicted octanol–water partition coefficient (Wildman–Crippen LogP) is 1.19. The van der Waals surface area contributed by atoms with Crippen molar-refractivity contribution in [2.75, 3.05) is 24.3 Å². The van der Waals surface area contributed by atoms with Crippen LogP contribution in [0.2, 0.25) is 0 Å². The fraction of sp³-hybridized carbons (Fsp3) is 0.167. The Labute approximate surface area is 105 Å². The van der Waals surface area contributed by atoms with E-state index in [4.69, 9.17) is 0 Å². The van der Waals surface area contributed by atoms with Gasteiger partial charge < -0.3 is 10.2 Å². The molecule has 6 heteroatoms. The van der Waals surface area contributed by atoms with Crippen molar-refractivity contribution in [2.24, 2.45) is 0 Å². The van der Waals surface area contributed by atoms with Gasteiger partial charge in [-0.15, -0.1) is 0 Å². The largest absolute Gasteiger partial charge is 0.347 e. The Bertz CT molecular complexity index is 524. The lowest BCUT2D eigenvalue weighted by Gasteiger charge is -2.09. The predicted molar refractivity (Wildman–Crippen MR) is 68.5 cm³/mol. The van der Waals surface area contributed by atoms with E-state index < -0.39 is 0 Å². The molecule has 0 aromatic carbocycles. The minimum atomic E-state index is -0.256. The third-order valence-corrected chi connectivity index (χ3v) is 2.22. The maximum absolute atomic E-state index is 11.9. The molecule has 0 atom stereocenters. The van der Waals surface area contributed by atoms with Gasteiger partial charge in [0.25, 0.3) is 5.91 Å². The first kappa shape index (κ1) is 12.0. The second kappa shape index (κ2) is 5.22. The first-order chi connectivity index (χ1) is 8.66. The molecule has 0 unspecified atom stereocenters. The highest BCUT2D eigenvalue weighted by Gasteiger charge is 2.08. The van der Waals surface area contributed by atoms with E-state index in [1.807, 2.05) is 14.1 Å². The topological polar surface area (TPSA) is 71.0 Å². The number of carbonyl (C=O) groups excluding carboxylic acids is 1. The Morgan fingerprint density at radius 1 is 1.22 bits per heavy atom. The van der Waals surface area contributed by atoms with Gasteiger partial charge in [-0.25, -0.2) is 9.97 Å². The zero-order valence-corrected chi connectivity index (χ0v) is 10.2. The molecule has 0 saturated heterocycles. The number of anilines is 2. The molecule has 2 heterocycles. The van der Waals surface area contributed by atoms with Crippen LogP contribution in [0.4, 0.5) is 11.6 Å². The van der Waals surface area contributed by atoms with E-state index >= 15 is 0 Å².